The molecule has 2 aromatic rings. The predicted octanol–water partition coefficient (Wildman–Crippen LogP) is 1.30. The maximum atomic E-state index is 11.8. The number of benzene rings is 1. The van der Waals surface area contributed by atoms with Crippen LogP contribution in [0.4, 0.5) is 5.82 Å². The Hall–Kier alpha value is -1.85. The molecule has 0 radical (unpaired) electrons. The zero-order valence-corrected chi connectivity index (χ0v) is 11.8. The van der Waals surface area contributed by atoms with Gasteiger partial charge in [0, 0.05) is 24.7 Å². The fraction of sp³-hybridized carbons (Fsp3) is 0.286. The Morgan fingerprint density at radius 1 is 1.35 bits per heavy atom. The molecule has 20 heavy (non-hydrogen) atoms. The third kappa shape index (κ3) is 2.55. The van der Waals surface area contributed by atoms with Gasteiger partial charge in [0.1, 0.15) is 5.82 Å². The molecule has 1 aliphatic heterocycles. The summed E-state index contributed by atoms with van der Waals surface area (Å²) in [6.07, 6.45) is 2.43. The van der Waals surface area contributed by atoms with Crippen LogP contribution in [0.5, 0.6) is 0 Å². The van der Waals surface area contributed by atoms with Crippen LogP contribution in [0.1, 0.15) is 12.0 Å². The van der Waals surface area contributed by atoms with Crippen molar-refractivity contribution in [2.45, 2.75) is 19.0 Å². The van der Waals surface area contributed by atoms with Gasteiger partial charge in [-0.05, 0) is 29.5 Å². The summed E-state index contributed by atoms with van der Waals surface area (Å²) >= 11 is 0. The third-order valence-electron chi connectivity index (χ3n) is 3.57. The molecule has 1 amide bonds. The Morgan fingerprint density at radius 2 is 2.15 bits per heavy atom. The second-order valence-corrected chi connectivity index (χ2v) is 4.91. The Kier molecular flexibility index (Phi) is 4.11. The minimum Gasteiger partial charge on any atom is -0.383 e. The second-order valence-electron chi connectivity index (χ2n) is 4.91. The summed E-state index contributed by atoms with van der Waals surface area (Å²) in [6.45, 7) is 1.30. The summed E-state index contributed by atoms with van der Waals surface area (Å²) in [5.41, 5.74) is 12.6. The summed E-state index contributed by atoms with van der Waals surface area (Å²) in [6, 6.07) is 7.59. The average molecular weight is 293 g/mol. The number of halogens is 1. The fourth-order valence-electron chi connectivity index (χ4n) is 2.48. The van der Waals surface area contributed by atoms with Gasteiger partial charge in [-0.1, -0.05) is 12.1 Å². The van der Waals surface area contributed by atoms with E-state index in [2.05, 4.69) is 4.98 Å². The zero-order chi connectivity index (χ0) is 13.4. The molecule has 1 fully saturated rings. The van der Waals surface area contributed by atoms with E-state index < -0.39 is 0 Å². The monoisotopic (exact) mass is 292 g/mol. The smallest absolute Gasteiger partial charge is 0.239 e. The number of nitrogens with two attached hydrogens (primary N) is 2. The van der Waals surface area contributed by atoms with Crippen LogP contribution in [0, 0.1) is 0 Å². The van der Waals surface area contributed by atoms with E-state index in [0.29, 0.717) is 12.4 Å². The minimum atomic E-state index is -0.341. The molecule has 1 aromatic heterocycles. The lowest BCUT2D eigenvalue weighted by molar-refractivity contribution is -0.129. The van der Waals surface area contributed by atoms with Gasteiger partial charge in [0.25, 0.3) is 0 Å². The van der Waals surface area contributed by atoms with E-state index in [1.807, 2.05) is 24.3 Å². The standard InChI is InChI=1S/C14H16N4O.ClH/c15-12-4-6-18(14(12)19)8-9-1-2-10-3-5-17-13(16)11(10)7-9;/h1-3,5,7,12H,4,6,8,15H2,(H2,16,17);1H. The topological polar surface area (TPSA) is 85.2 Å². The van der Waals surface area contributed by atoms with Gasteiger partial charge in [-0.3, -0.25) is 4.79 Å². The van der Waals surface area contributed by atoms with Crippen LogP contribution < -0.4 is 11.5 Å². The lowest BCUT2D eigenvalue weighted by Gasteiger charge is -2.16. The van der Waals surface area contributed by atoms with Crippen molar-refractivity contribution < 1.29 is 4.79 Å². The summed E-state index contributed by atoms with van der Waals surface area (Å²) in [4.78, 5) is 17.7. The number of rotatable bonds is 2. The molecular weight excluding hydrogens is 276 g/mol. The van der Waals surface area contributed by atoms with Crippen molar-refractivity contribution in [2.24, 2.45) is 5.73 Å². The van der Waals surface area contributed by atoms with Crippen molar-refractivity contribution in [3.63, 3.8) is 0 Å². The molecule has 1 atom stereocenters. The Balaban J connectivity index is 0.00000147. The van der Waals surface area contributed by atoms with Gasteiger partial charge in [0.15, 0.2) is 0 Å². The van der Waals surface area contributed by atoms with Crippen LogP contribution in [0.2, 0.25) is 0 Å². The number of fused-ring (bicyclic) bond motifs is 1. The van der Waals surface area contributed by atoms with Gasteiger partial charge >= 0.3 is 0 Å². The van der Waals surface area contributed by atoms with Crippen LogP contribution in [-0.4, -0.2) is 28.4 Å². The van der Waals surface area contributed by atoms with E-state index in [4.69, 9.17) is 11.5 Å². The summed E-state index contributed by atoms with van der Waals surface area (Å²) in [5.74, 6) is 0.544. The van der Waals surface area contributed by atoms with Gasteiger partial charge in [0.2, 0.25) is 5.91 Å². The molecule has 4 N–H and O–H groups in total. The van der Waals surface area contributed by atoms with Crippen molar-refractivity contribution in [3.05, 3.63) is 36.0 Å². The number of anilines is 1. The van der Waals surface area contributed by atoms with Crippen molar-refractivity contribution >= 4 is 34.9 Å². The lowest BCUT2D eigenvalue weighted by atomic mass is 10.1. The first kappa shape index (κ1) is 14.6. The molecule has 0 saturated carbocycles. The first-order chi connectivity index (χ1) is 9.15. The van der Waals surface area contributed by atoms with Crippen LogP contribution in [-0.2, 0) is 11.3 Å². The molecule has 1 saturated heterocycles. The SMILES string of the molecule is Cl.Nc1nccc2ccc(CN3CCC(N)C3=O)cc12. The maximum absolute atomic E-state index is 11.8. The maximum Gasteiger partial charge on any atom is 0.239 e. The van der Waals surface area contributed by atoms with E-state index in [9.17, 15) is 4.79 Å². The number of pyridine rings is 1. The Labute approximate surface area is 123 Å². The van der Waals surface area contributed by atoms with E-state index in [-0.39, 0.29) is 24.4 Å². The molecule has 2 heterocycles. The van der Waals surface area contributed by atoms with Gasteiger partial charge in [-0.2, -0.15) is 0 Å². The quantitative estimate of drug-likeness (QED) is 0.873. The number of nitrogen functional groups attached to an aromatic ring is 1. The number of likely N-dealkylation sites (tertiary alicyclic amines) is 1. The molecule has 5 nitrogen and oxygen atoms in total. The zero-order valence-electron chi connectivity index (χ0n) is 11.0. The van der Waals surface area contributed by atoms with E-state index in [1.165, 1.54) is 0 Å². The summed E-state index contributed by atoms with van der Waals surface area (Å²) < 4.78 is 0. The fourth-order valence-corrected chi connectivity index (χ4v) is 2.48. The second kappa shape index (κ2) is 5.64. The molecule has 106 valence electrons. The van der Waals surface area contributed by atoms with Gasteiger partial charge in [-0.25, -0.2) is 4.98 Å². The van der Waals surface area contributed by atoms with Crippen LogP contribution >= 0.6 is 12.4 Å². The van der Waals surface area contributed by atoms with Gasteiger partial charge in [0.05, 0.1) is 6.04 Å². The van der Waals surface area contributed by atoms with Crippen molar-refractivity contribution in [1.82, 2.24) is 9.88 Å². The molecule has 1 aliphatic rings. The predicted molar refractivity (Wildman–Crippen MR) is 81.4 cm³/mol. The summed E-state index contributed by atoms with van der Waals surface area (Å²) in [7, 11) is 0. The number of aromatic nitrogens is 1. The highest BCUT2D eigenvalue weighted by atomic mass is 35.5. The first-order valence-corrected chi connectivity index (χ1v) is 6.32. The minimum absolute atomic E-state index is 0. The highest BCUT2D eigenvalue weighted by Crippen LogP contribution is 2.22. The number of amides is 1. The van der Waals surface area contributed by atoms with Crippen LogP contribution in [0.15, 0.2) is 30.5 Å². The van der Waals surface area contributed by atoms with Crippen molar-refractivity contribution in [2.75, 3.05) is 12.3 Å². The molecule has 1 aromatic carbocycles. The molecule has 1 unspecified atom stereocenters. The average Bonchev–Trinajstić information content (AvgIpc) is 2.72. The number of nitrogens with zero attached hydrogens (tertiary/aromatic N) is 2. The van der Waals surface area contributed by atoms with Crippen molar-refractivity contribution in [1.29, 1.82) is 0 Å². The molecule has 3 rings (SSSR count). The van der Waals surface area contributed by atoms with Gasteiger partial charge < -0.3 is 16.4 Å². The number of hydrogen-bond donors (Lipinski definition) is 2. The molecule has 6 heteroatoms. The highest BCUT2D eigenvalue weighted by molar-refractivity contribution is 5.91. The first-order valence-electron chi connectivity index (χ1n) is 6.32. The largest absolute Gasteiger partial charge is 0.383 e. The number of hydrogen-bond acceptors (Lipinski definition) is 4. The van der Waals surface area contributed by atoms with Crippen molar-refractivity contribution in [3.8, 4) is 0 Å². The van der Waals surface area contributed by atoms with E-state index >= 15 is 0 Å². The number of carbonyl (C=O) groups is 1. The molecule has 0 aliphatic carbocycles. The normalized spacial score (nSPS) is 18.4. The van der Waals surface area contributed by atoms with E-state index in [1.54, 1.807) is 11.1 Å². The number of carbonyl (C=O) groups excluding carboxylic acids is 1. The summed E-state index contributed by atoms with van der Waals surface area (Å²) in [5, 5.41) is 1.98. The Morgan fingerprint density at radius 3 is 2.85 bits per heavy atom. The molecular formula is C14H17ClN4O. The molecule has 0 bridgehead atoms. The van der Waals surface area contributed by atoms with E-state index in [0.717, 1.165) is 29.3 Å². The Bertz CT molecular complexity index is 646. The molecule has 0 spiro atoms. The lowest BCUT2D eigenvalue weighted by Crippen LogP contribution is -2.33. The van der Waals surface area contributed by atoms with Crippen LogP contribution in [0.25, 0.3) is 10.8 Å². The third-order valence-corrected chi connectivity index (χ3v) is 3.57. The van der Waals surface area contributed by atoms with Crippen LogP contribution in [0.3, 0.4) is 0 Å². The highest BCUT2D eigenvalue weighted by Gasteiger charge is 2.28. The van der Waals surface area contributed by atoms with Gasteiger partial charge in [-0.15, -0.1) is 12.4 Å².